The van der Waals surface area contributed by atoms with Gasteiger partial charge in [-0.05, 0) is 42.0 Å². The lowest BCUT2D eigenvalue weighted by Gasteiger charge is -2.40. The second-order valence-corrected chi connectivity index (χ2v) is 6.43. The van der Waals surface area contributed by atoms with Crippen LogP contribution < -0.4 is 10.6 Å². The molecule has 0 aliphatic carbocycles. The smallest absolute Gasteiger partial charge is 0.0342 e. The van der Waals surface area contributed by atoms with Gasteiger partial charge in [-0.2, -0.15) is 0 Å². The molecule has 100 valence electrons. The summed E-state index contributed by atoms with van der Waals surface area (Å²) in [6.07, 6.45) is 1.19. The summed E-state index contributed by atoms with van der Waals surface area (Å²) in [5.74, 6) is 0.606. The SMILES string of the molecule is CC(C)c1ccc(NC2CCNCC2(C)C)cc1. The van der Waals surface area contributed by atoms with Gasteiger partial charge in [0.15, 0.2) is 0 Å². The Hall–Kier alpha value is -1.02. The average Bonchev–Trinajstić information content (AvgIpc) is 2.32. The number of nitrogens with one attached hydrogen (secondary N) is 2. The van der Waals surface area contributed by atoms with E-state index in [1.165, 1.54) is 17.7 Å². The number of anilines is 1. The van der Waals surface area contributed by atoms with Crippen LogP contribution in [0.4, 0.5) is 5.69 Å². The van der Waals surface area contributed by atoms with Gasteiger partial charge in [-0.25, -0.2) is 0 Å². The van der Waals surface area contributed by atoms with Gasteiger partial charge in [0.1, 0.15) is 0 Å². The Morgan fingerprint density at radius 3 is 2.44 bits per heavy atom. The molecule has 1 fully saturated rings. The molecule has 0 spiro atoms. The third kappa shape index (κ3) is 3.05. The minimum absolute atomic E-state index is 0.314. The molecule has 1 heterocycles. The van der Waals surface area contributed by atoms with Crippen molar-refractivity contribution in [2.45, 2.75) is 46.1 Å². The third-order valence-corrected chi connectivity index (χ3v) is 4.05. The predicted octanol–water partition coefficient (Wildman–Crippen LogP) is 3.61. The van der Waals surface area contributed by atoms with Gasteiger partial charge >= 0.3 is 0 Å². The fraction of sp³-hybridized carbons (Fsp3) is 0.625. The van der Waals surface area contributed by atoms with Crippen molar-refractivity contribution in [3.63, 3.8) is 0 Å². The van der Waals surface area contributed by atoms with Crippen LogP contribution in [0.1, 0.15) is 45.6 Å². The van der Waals surface area contributed by atoms with Gasteiger partial charge in [0, 0.05) is 18.3 Å². The van der Waals surface area contributed by atoms with Gasteiger partial charge in [0.25, 0.3) is 0 Å². The summed E-state index contributed by atoms with van der Waals surface area (Å²) >= 11 is 0. The molecule has 1 aliphatic heterocycles. The zero-order valence-corrected chi connectivity index (χ0v) is 12.1. The number of hydrogen-bond acceptors (Lipinski definition) is 2. The van der Waals surface area contributed by atoms with Crippen LogP contribution in [0.15, 0.2) is 24.3 Å². The van der Waals surface area contributed by atoms with Crippen LogP contribution in [0.25, 0.3) is 0 Å². The molecule has 0 aromatic heterocycles. The van der Waals surface area contributed by atoms with Crippen LogP contribution in [0.5, 0.6) is 0 Å². The number of piperidine rings is 1. The Morgan fingerprint density at radius 2 is 1.89 bits per heavy atom. The lowest BCUT2D eigenvalue weighted by Crippen LogP contribution is -2.49. The van der Waals surface area contributed by atoms with E-state index in [4.69, 9.17) is 0 Å². The van der Waals surface area contributed by atoms with Crippen molar-refractivity contribution in [3.05, 3.63) is 29.8 Å². The minimum atomic E-state index is 0.314. The van der Waals surface area contributed by atoms with E-state index in [1.807, 2.05) is 0 Å². The summed E-state index contributed by atoms with van der Waals surface area (Å²) in [5.41, 5.74) is 2.97. The maximum atomic E-state index is 3.70. The molecule has 2 heteroatoms. The fourth-order valence-corrected chi connectivity index (χ4v) is 2.60. The van der Waals surface area contributed by atoms with E-state index in [0.717, 1.165) is 13.1 Å². The normalized spacial score (nSPS) is 23.1. The number of hydrogen-bond donors (Lipinski definition) is 2. The average molecular weight is 246 g/mol. The predicted molar refractivity (Wildman–Crippen MR) is 79.2 cm³/mol. The van der Waals surface area contributed by atoms with E-state index in [9.17, 15) is 0 Å². The summed E-state index contributed by atoms with van der Waals surface area (Å²) in [6.45, 7) is 11.3. The van der Waals surface area contributed by atoms with Crippen LogP contribution in [-0.4, -0.2) is 19.1 Å². The van der Waals surface area contributed by atoms with Gasteiger partial charge < -0.3 is 10.6 Å². The highest BCUT2D eigenvalue weighted by atomic mass is 15.0. The summed E-state index contributed by atoms with van der Waals surface area (Å²) in [6, 6.07) is 9.46. The van der Waals surface area contributed by atoms with Crippen LogP contribution in [-0.2, 0) is 0 Å². The molecule has 1 aromatic rings. The summed E-state index contributed by atoms with van der Waals surface area (Å²) in [7, 11) is 0. The molecule has 18 heavy (non-hydrogen) atoms. The van der Waals surface area contributed by atoms with Crippen LogP contribution in [0, 0.1) is 5.41 Å². The first kappa shape index (κ1) is 13.4. The molecule has 1 atom stereocenters. The van der Waals surface area contributed by atoms with E-state index >= 15 is 0 Å². The first-order valence-electron chi connectivity index (χ1n) is 7.06. The molecule has 1 aliphatic rings. The van der Waals surface area contributed by atoms with Gasteiger partial charge in [0.05, 0.1) is 0 Å². The first-order valence-corrected chi connectivity index (χ1v) is 7.06. The van der Waals surface area contributed by atoms with Gasteiger partial charge in [-0.1, -0.05) is 39.8 Å². The van der Waals surface area contributed by atoms with Crippen molar-refractivity contribution in [3.8, 4) is 0 Å². The highest BCUT2D eigenvalue weighted by molar-refractivity contribution is 5.46. The molecule has 1 saturated heterocycles. The lowest BCUT2D eigenvalue weighted by atomic mass is 9.80. The standard InChI is InChI=1S/C16H26N2/c1-12(2)13-5-7-14(8-6-13)18-15-9-10-17-11-16(15,3)4/h5-8,12,15,17-18H,9-11H2,1-4H3. The maximum absolute atomic E-state index is 3.70. The quantitative estimate of drug-likeness (QED) is 0.851. The topological polar surface area (TPSA) is 24.1 Å². The highest BCUT2D eigenvalue weighted by Gasteiger charge is 2.31. The number of benzene rings is 1. The zero-order valence-electron chi connectivity index (χ0n) is 12.1. The molecule has 1 aromatic carbocycles. The second kappa shape index (κ2) is 5.31. The lowest BCUT2D eigenvalue weighted by molar-refractivity contribution is 0.236. The van der Waals surface area contributed by atoms with Gasteiger partial charge in [-0.15, -0.1) is 0 Å². The van der Waals surface area contributed by atoms with Gasteiger partial charge in [-0.3, -0.25) is 0 Å². The Bertz CT molecular complexity index is 379. The Morgan fingerprint density at radius 1 is 1.22 bits per heavy atom. The van der Waals surface area contributed by atoms with Crippen LogP contribution in [0.3, 0.4) is 0 Å². The molecule has 1 unspecified atom stereocenters. The van der Waals surface area contributed by atoms with Crippen molar-refractivity contribution in [2.75, 3.05) is 18.4 Å². The van der Waals surface area contributed by atoms with Crippen molar-refractivity contribution < 1.29 is 0 Å². The third-order valence-electron chi connectivity index (χ3n) is 4.05. The molecular formula is C16H26N2. The van der Waals surface area contributed by atoms with E-state index < -0.39 is 0 Å². The second-order valence-electron chi connectivity index (χ2n) is 6.43. The van der Waals surface area contributed by atoms with E-state index in [-0.39, 0.29) is 0 Å². The van der Waals surface area contributed by atoms with Crippen molar-refractivity contribution >= 4 is 5.69 Å². The summed E-state index contributed by atoms with van der Waals surface area (Å²) in [4.78, 5) is 0. The van der Waals surface area contributed by atoms with E-state index in [1.54, 1.807) is 0 Å². The first-order chi connectivity index (χ1) is 8.49. The summed E-state index contributed by atoms with van der Waals surface area (Å²) < 4.78 is 0. The Balaban J connectivity index is 2.04. The monoisotopic (exact) mass is 246 g/mol. The van der Waals surface area contributed by atoms with E-state index in [0.29, 0.717) is 17.4 Å². The molecule has 0 amide bonds. The molecule has 2 rings (SSSR count). The molecule has 0 radical (unpaired) electrons. The largest absolute Gasteiger partial charge is 0.382 e. The number of rotatable bonds is 3. The van der Waals surface area contributed by atoms with Crippen molar-refractivity contribution in [1.82, 2.24) is 5.32 Å². The molecule has 2 nitrogen and oxygen atoms in total. The van der Waals surface area contributed by atoms with Crippen molar-refractivity contribution in [2.24, 2.45) is 5.41 Å². The molecule has 0 saturated carbocycles. The molecule has 0 bridgehead atoms. The Kier molecular flexibility index (Phi) is 3.96. The minimum Gasteiger partial charge on any atom is -0.382 e. The fourth-order valence-electron chi connectivity index (χ4n) is 2.60. The maximum Gasteiger partial charge on any atom is 0.0342 e. The van der Waals surface area contributed by atoms with Crippen LogP contribution in [0.2, 0.25) is 0 Å². The van der Waals surface area contributed by atoms with Crippen LogP contribution >= 0.6 is 0 Å². The molecular weight excluding hydrogens is 220 g/mol. The summed E-state index contributed by atoms with van der Waals surface area (Å²) in [5, 5.41) is 7.17. The zero-order chi connectivity index (χ0) is 13.2. The highest BCUT2D eigenvalue weighted by Crippen LogP contribution is 2.28. The van der Waals surface area contributed by atoms with E-state index in [2.05, 4.69) is 62.6 Å². The Labute approximate surface area is 111 Å². The van der Waals surface area contributed by atoms with Gasteiger partial charge in [0.2, 0.25) is 0 Å². The molecule has 2 N–H and O–H groups in total. The van der Waals surface area contributed by atoms with Crippen molar-refractivity contribution in [1.29, 1.82) is 0 Å².